The molecular weight excluding hydrogens is 324 g/mol. The van der Waals surface area contributed by atoms with E-state index in [4.69, 9.17) is 4.74 Å². The van der Waals surface area contributed by atoms with Crippen molar-refractivity contribution in [3.63, 3.8) is 0 Å². The Morgan fingerprint density at radius 3 is 2.35 bits per heavy atom. The number of carbonyl (C=O) groups is 2. The lowest BCUT2D eigenvalue weighted by atomic mass is 9.60. The quantitative estimate of drug-likeness (QED) is 0.759. The molecule has 1 aromatic carbocycles. The molecule has 0 spiro atoms. The average molecular weight is 357 g/mol. The Balaban J connectivity index is 1.81. The summed E-state index contributed by atoms with van der Waals surface area (Å²) < 4.78 is 5.36. The van der Waals surface area contributed by atoms with Gasteiger partial charge in [0.1, 0.15) is 17.3 Å². The van der Waals surface area contributed by atoms with Crippen LogP contribution < -0.4 is 4.74 Å². The van der Waals surface area contributed by atoms with Crippen LogP contribution in [0.4, 0.5) is 0 Å². The summed E-state index contributed by atoms with van der Waals surface area (Å²) in [6.07, 6.45) is 5.77. The predicted molar refractivity (Wildman–Crippen MR) is 104 cm³/mol. The zero-order valence-corrected chi connectivity index (χ0v) is 16.9. The zero-order chi connectivity index (χ0) is 19.2. The lowest BCUT2D eigenvalue weighted by Crippen LogP contribution is -2.41. The Labute approximate surface area is 157 Å². The van der Waals surface area contributed by atoms with Gasteiger partial charge in [0.25, 0.3) is 0 Å². The van der Waals surface area contributed by atoms with Crippen molar-refractivity contribution in [3.8, 4) is 5.75 Å². The first-order chi connectivity index (χ1) is 12.1. The SMILES string of the molecule is COc1ccc2c(c1)CCC(=O)C2(C)CCC1(C)CCC(C)(C)C(=O)C1. The molecule has 1 fully saturated rings. The van der Waals surface area contributed by atoms with Crippen LogP contribution in [-0.4, -0.2) is 18.7 Å². The third kappa shape index (κ3) is 3.33. The number of ether oxygens (including phenoxy) is 1. The van der Waals surface area contributed by atoms with Gasteiger partial charge in [0.15, 0.2) is 0 Å². The predicted octanol–water partition coefficient (Wildman–Crippen LogP) is 5.03. The summed E-state index contributed by atoms with van der Waals surface area (Å²) >= 11 is 0. The van der Waals surface area contributed by atoms with Crippen molar-refractivity contribution in [2.75, 3.05) is 7.11 Å². The molecule has 1 saturated carbocycles. The molecule has 3 rings (SSSR count). The van der Waals surface area contributed by atoms with Crippen LogP contribution in [-0.2, 0) is 21.4 Å². The second-order valence-corrected chi connectivity index (χ2v) is 9.57. The number of hydrogen-bond donors (Lipinski definition) is 0. The van der Waals surface area contributed by atoms with Gasteiger partial charge in [-0.25, -0.2) is 0 Å². The van der Waals surface area contributed by atoms with E-state index in [1.165, 1.54) is 5.56 Å². The Kier molecular flexibility index (Phi) is 4.79. The minimum atomic E-state index is -0.446. The molecule has 0 amide bonds. The molecule has 142 valence electrons. The molecule has 26 heavy (non-hydrogen) atoms. The van der Waals surface area contributed by atoms with Crippen molar-refractivity contribution < 1.29 is 14.3 Å². The van der Waals surface area contributed by atoms with Crippen LogP contribution in [0, 0.1) is 10.8 Å². The molecule has 0 N–H and O–H groups in total. The van der Waals surface area contributed by atoms with Crippen molar-refractivity contribution in [1.82, 2.24) is 0 Å². The summed E-state index contributed by atoms with van der Waals surface area (Å²) in [6.45, 7) is 8.44. The smallest absolute Gasteiger partial charge is 0.143 e. The largest absolute Gasteiger partial charge is 0.497 e. The van der Waals surface area contributed by atoms with Crippen LogP contribution in [0.25, 0.3) is 0 Å². The standard InChI is InChI=1S/C23H32O3/c1-21(2)10-11-22(3,15-20(21)25)12-13-23(4)18-8-7-17(26-5)14-16(18)6-9-19(23)24/h7-8,14H,6,9-13,15H2,1-5H3. The molecule has 3 nitrogen and oxygen atoms in total. The zero-order valence-electron chi connectivity index (χ0n) is 16.9. The molecule has 2 aliphatic rings. The summed E-state index contributed by atoms with van der Waals surface area (Å²) in [7, 11) is 1.68. The topological polar surface area (TPSA) is 43.4 Å². The highest BCUT2D eigenvalue weighted by molar-refractivity contribution is 5.92. The lowest BCUT2D eigenvalue weighted by molar-refractivity contribution is -0.133. The minimum absolute atomic E-state index is 0.0139. The summed E-state index contributed by atoms with van der Waals surface area (Å²) in [5.74, 6) is 1.56. The Bertz CT molecular complexity index is 733. The van der Waals surface area contributed by atoms with Crippen molar-refractivity contribution in [2.45, 2.75) is 78.1 Å². The minimum Gasteiger partial charge on any atom is -0.497 e. The Hall–Kier alpha value is -1.64. The van der Waals surface area contributed by atoms with E-state index in [2.05, 4.69) is 39.8 Å². The fourth-order valence-electron chi connectivity index (χ4n) is 4.62. The van der Waals surface area contributed by atoms with E-state index in [-0.39, 0.29) is 10.8 Å². The molecule has 2 atom stereocenters. The van der Waals surface area contributed by atoms with Crippen molar-refractivity contribution >= 4 is 11.6 Å². The molecule has 2 aliphatic carbocycles. The molecule has 0 radical (unpaired) electrons. The maximum absolute atomic E-state index is 12.9. The number of carbonyl (C=O) groups excluding carboxylic acids is 2. The van der Waals surface area contributed by atoms with Gasteiger partial charge >= 0.3 is 0 Å². The van der Waals surface area contributed by atoms with Crippen LogP contribution >= 0.6 is 0 Å². The Morgan fingerprint density at radius 1 is 0.962 bits per heavy atom. The van der Waals surface area contributed by atoms with Crippen LogP contribution in [0.2, 0.25) is 0 Å². The average Bonchev–Trinajstić information content (AvgIpc) is 2.61. The number of Topliss-reactive ketones (excluding diaryl/α,β-unsaturated/α-hetero) is 2. The molecule has 0 aromatic heterocycles. The number of hydrogen-bond acceptors (Lipinski definition) is 3. The molecule has 3 heteroatoms. The summed E-state index contributed by atoms with van der Waals surface area (Å²) in [5, 5.41) is 0. The van der Waals surface area contributed by atoms with E-state index < -0.39 is 5.41 Å². The summed E-state index contributed by atoms with van der Waals surface area (Å²) in [6, 6.07) is 6.11. The van der Waals surface area contributed by atoms with Gasteiger partial charge in [-0.1, -0.05) is 26.8 Å². The fraction of sp³-hybridized carbons (Fsp3) is 0.652. The van der Waals surface area contributed by atoms with Crippen LogP contribution in [0.15, 0.2) is 18.2 Å². The Morgan fingerprint density at radius 2 is 1.69 bits per heavy atom. The third-order valence-corrected chi connectivity index (χ3v) is 7.07. The first-order valence-corrected chi connectivity index (χ1v) is 9.84. The monoisotopic (exact) mass is 356 g/mol. The van der Waals surface area contributed by atoms with E-state index in [1.807, 2.05) is 6.07 Å². The molecule has 2 unspecified atom stereocenters. The normalized spacial score (nSPS) is 30.8. The molecular formula is C23H32O3. The molecule has 0 bridgehead atoms. The van der Waals surface area contributed by atoms with Gasteiger partial charge in [0, 0.05) is 18.3 Å². The molecule has 0 saturated heterocycles. The van der Waals surface area contributed by atoms with Crippen LogP contribution in [0.5, 0.6) is 5.75 Å². The number of rotatable bonds is 4. The van der Waals surface area contributed by atoms with Crippen molar-refractivity contribution in [3.05, 3.63) is 29.3 Å². The van der Waals surface area contributed by atoms with E-state index in [0.29, 0.717) is 24.4 Å². The van der Waals surface area contributed by atoms with E-state index in [1.54, 1.807) is 7.11 Å². The lowest BCUT2D eigenvalue weighted by Gasteiger charge is -2.43. The van der Waals surface area contributed by atoms with Gasteiger partial charge < -0.3 is 4.74 Å². The van der Waals surface area contributed by atoms with E-state index in [0.717, 1.165) is 43.4 Å². The van der Waals surface area contributed by atoms with Crippen LogP contribution in [0.3, 0.4) is 0 Å². The van der Waals surface area contributed by atoms with E-state index >= 15 is 0 Å². The highest BCUT2D eigenvalue weighted by atomic mass is 16.5. The van der Waals surface area contributed by atoms with Crippen molar-refractivity contribution in [2.24, 2.45) is 10.8 Å². The second-order valence-electron chi connectivity index (χ2n) is 9.57. The van der Waals surface area contributed by atoms with Crippen molar-refractivity contribution in [1.29, 1.82) is 0 Å². The van der Waals surface area contributed by atoms with Gasteiger partial charge in [-0.15, -0.1) is 0 Å². The summed E-state index contributed by atoms with van der Waals surface area (Å²) in [5.41, 5.74) is 1.77. The van der Waals surface area contributed by atoms with Gasteiger partial charge in [-0.05, 0) is 67.7 Å². The van der Waals surface area contributed by atoms with Gasteiger partial charge in [-0.2, -0.15) is 0 Å². The molecule has 1 aromatic rings. The van der Waals surface area contributed by atoms with Gasteiger partial charge in [0.2, 0.25) is 0 Å². The summed E-state index contributed by atoms with van der Waals surface area (Å²) in [4.78, 5) is 25.4. The third-order valence-electron chi connectivity index (χ3n) is 7.07. The molecule has 0 aliphatic heterocycles. The number of ketones is 2. The highest BCUT2D eigenvalue weighted by Gasteiger charge is 2.44. The number of aryl methyl sites for hydroxylation is 1. The first-order valence-electron chi connectivity index (χ1n) is 9.84. The van der Waals surface area contributed by atoms with Gasteiger partial charge in [-0.3, -0.25) is 9.59 Å². The second kappa shape index (κ2) is 6.51. The number of fused-ring (bicyclic) bond motifs is 1. The highest BCUT2D eigenvalue weighted by Crippen LogP contribution is 2.48. The maximum Gasteiger partial charge on any atom is 0.143 e. The molecule has 0 heterocycles. The van der Waals surface area contributed by atoms with Crippen LogP contribution in [0.1, 0.15) is 77.3 Å². The maximum atomic E-state index is 12.9. The van der Waals surface area contributed by atoms with E-state index in [9.17, 15) is 9.59 Å². The fourth-order valence-corrected chi connectivity index (χ4v) is 4.62. The number of methoxy groups -OCH3 is 1. The first kappa shape index (κ1) is 19.1. The number of benzene rings is 1. The van der Waals surface area contributed by atoms with Gasteiger partial charge in [0.05, 0.1) is 12.5 Å².